The number of nitrogens with zero attached hydrogens (tertiary/aromatic N) is 1. The Balaban J connectivity index is 1.74. The highest BCUT2D eigenvalue weighted by molar-refractivity contribution is 6.52. The summed E-state index contributed by atoms with van der Waals surface area (Å²) in [4.78, 5) is 15.5. The molecule has 1 amide bonds. The molecule has 3 heterocycles. The summed E-state index contributed by atoms with van der Waals surface area (Å²) in [6.45, 7) is 8.04. The van der Waals surface area contributed by atoms with E-state index in [4.69, 9.17) is 14.0 Å². The van der Waals surface area contributed by atoms with Gasteiger partial charge in [-0.15, -0.1) is 0 Å². The van der Waals surface area contributed by atoms with Crippen LogP contribution < -0.4 is 10.1 Å². The standard InChI is InChI=1S/C15H19BN2O4/c1-14(2)15(3,4)22-16(21-14)6-5-10-7-11-13(17-8-10)20-9-12(19)18-11/h5-8H,9H2,1-4H3,(H,18,19)/b6-5+. The predicted octanol–water partition coefficient (Wildman–Crippen LogP) is 2.06. The second-order valence-electron chi connectivity index (χ2n) is 6.44. The number of hydrogen-bond acceptors (Lipinski definition) is 5. The Hall–Kier alpha value is -1.86. The minimum absolute atomic E-state index is 0.00308. The Kier molecular flexibility index (Phi) is 3.49. The molecule has 1 fully saturated rings. The number of amides is 1. The topological polar surface area (TPSA) is 69.7 Å². The van der Waals surface area contributed by atoms with Crippen molar-refractivity contribution in [2.45, 2.75) is 38.9 Å². The highest BCUT2D eigenvalue weighted by Gasteiger charge is 2.49. The monoisotopic (exact) mass is 302 g/mol. The van der Waals surface area contributed by atoms with E-state index in [2.05, 4.69) is 10.3 Å². The Morgan fingerprint density at radius 1 is 1.27 bits per heavy atom. The molecule has 116 valence electrons. The zero-order valence-electron chi connectivity index (χ0n) is 13.2. The van der Waals surface area contributed by atoms with Crippen molar-refractivity contribution < 1.29 is 18.8 Å². The molecule has 0 saturated carbocycles. The smallest absolute Gasteiger partial charge is 0.466 e. The fraction of sp³-hybridized carbons (Fsp3) is 0.467. The average molecular weight is 302 g/mol. The van der Waals surface area contributed by atoms with Gasteiger partial charge in [-0.25, -0.2) is 4.98 Å². The molecule has 6 nitrogen and oxygen atoms in total. The van der Waals surface area contributed by atoms with E-state index in [1.165, 1.54) is 0 Å². The number of nitrogens with one attached hydrogen (secondary N) is 1. The molecule has 1 saturated heterocycles. The SMILES string of the molecule is CC1(C)OB(/C=C/c2cnc3c(c2)NC(=O)CO3)OC1(C)C. The number of anilines is 1. The summed E-state index contributed by atoms with van der Waals surface area (Å²) in [5, 5.41) is 2.73. The van der Waals surface area contributed by atoms with Crippen LogP contribution in [0.4, 0.5) is 5.69 Å². The molecule has 0 bridgehead atoms. The summed E-state index contributed by atoms with van der Waals surface area (Å²) in [6.07, 6.45) is 3.54. The Morgan fingerprint density at radius 3 is 2.64 bits per heavy atom. The van der Waals surface area contributed by atoms with E-state index in [0.29, 0.717) is 11.6 Å². The van der Waals surface area contributed by atoms with Gasteiger partial charge >= 0.3 is 7.12 Å². The molecule has 0 aromatic carbocycles. The zero-order valence-corrected chi connectivity index (χ0v) is 13.2. The van der Waals surface area contributed by atoms with Crippen molar-refractivity contribution in [1.82, 2.24) is 4.98 Å². The van der Waals surface area contributed by atoms with E-state index < -0.39 is 7.12 Å². The number of ether oxygens (including phenoxy) is 1. The van der Waals surface area contributed by atoms with E-state index in [1.807, 2.05) is 39.7 Å². The van der Waals surface area contributed by atoms with Crippen LogP contribution >= 0.6 is 0 Å². The number of carbonyl (C=O) groups is 1. The van der Waals surface area contributed by atoms with Crippen molar-refractivity contribution in [2.24, 2.45) is 0 Å². The van der Waals surface area contributed by atoms with E-state index in [-0.39, 0.29) is 23.7 Å². The van der Waals surface area contributed by atoms with Crippen LogP contribution in [0.25, 0.3) is 6.08 Å². The lowest BCUT2D eigenvalue weighted by Gasteiger charge is -2.32. The lowest BCUT2D eigenvalue weighted by atomic mass is 9.89. The summed E-state index contributed by atoms with van der Waals surface area (Å²) in [5.41, 5.74) is 0.683. The lowest BCUT2D eigenvalue weighted by Crippen LogP contribution is -2.41. The first-order valence-electron chi connectivity index (χ1n) is 7.23. The van der Waals surface area contributed by atoms with Crippen LogP contribution in [0.1, 0.15) is 33.3 Å². The second-order valence-corrected chi connectivity index (χ2v) is 6.44. The number of hydrogen-bond donors (Lipinski definition) is 1. The highest BCUT2D eigenvalue weighted by Crippen LogP contribution is 2.37. The summed E-state index contributed by atoms with van der Waals surface area (Å²) in [5.74, 6) is 2.10. The Bertz CT molecular complexity index is 626. The van der Waals surface area contributed by atoms with Crippen molar-refractivity contribution in [3.05, 3.63) is 23.8 Å². The number of carbonyl (C=O) groups excluding carboxylic acids is 1. The van der Waals surface area contributed by atoms with E-state index in [9.17, 15) is 4.79 Å². The van der Waals surface area contributed by atoms with Crippen LogP contribution in [0.5, 0.6) is 5.88 Å². The zero-order chi connectivity index (χ0) is 16.0. The van der Waals surface area contributed by atoms with Gasteiger partial charge in [0, 0.05) is 6.20 Å². The normalized spacial score (nSPS) is 22.4. The fourth-order valence-corrected chi connectivity index (χ4v) is 2.24. The van der Waals surface area contributed by atoms with Gasteiger partial charge in [0.05, 0.1) is 11.2 Å². The minimum Gasteiger partial charge on any atom is -0.466 e. The number of fused-ring (bicyclic) bond motifs is 1. The van der Waals surface area contributed by atoms with Gasteiger partial charge in [0.25, 0.3) is 5.91 Å². The fourth-order valence-electron chi connectivity index (χ4n) is 2.24. The van der Waals surface area contributed by atoms with Gasteiger partial charge in [0.2, 0.25) is 5.88 Å². The molecule has 1 aromatic rings. The van der Waals surface area contributed by atoms with E-state index in [0.717, 1.165) is 5.56 Å². The Labute approximate surface area is 130 Å². The van der Waals surface area contributed by atoms with Crippen molar-refractivity contribution >= 4 is 24.8 Å². The van der Waals surface area contributed by atoms with Crippen LogP contribution in [0, 0.1) is 0 Å². The third-order valence-electron chi connectivity index (χ3n) is 4.20. The maximum absolute atomic E-state index is 11.3. The number of aromatic nitrogens is 1. The van der Waals surface area contributed by atoms with Crippen LogP contribution in [-0.4, -0.2) is 35.8 Å². The van der Waals surface area contributed by atoms with Crippen LogP contribution in [0.2, 0.25) is 0 Å². The second kappa shape index (κ2) is 5.10. The first kappa shape index (κ1) is 15.1. The minimum atomic E-state index is -0.410. The maximum atomic E-state index is 11.3. The van der Waals surface area contributed by atoms with Gasteiger partial charge in [0.1, 0.15) is 5.69 Å². The molecular formula is C15H19BN2O4. The van der Waals surface area contributed by atoms with Crippen LogP contribution in [0.3, 0.4) is 0 Å². The molecule has 0 atom stereocenters. The van der Waals surface area contributed by atoms with Gasteiger partial charge in [0.15, 0.2) is 6.61 Å². The van der Waals surface area contributed by atoms with Gasteiger partial charge in [-0.1, -0.05) is 12.1 Å². The average Bonchev–Trinajstić information content (AvgIpc) is 2.64. The third-order valence-corrected chi connectivity index (χ3v) is 4.20. The van der Waals surface area contributed by atoms with Crippen molar-refractivity contribution in [1.29, 1.82) is 0 Å². The number of pyridine rings is 1. The van der Waals surface area contributed by atoms with Gasteiger partial charge in [-0.05, 0) is 39.3 Å². The van der Waals surface area contributed by atoms with Crippen molar-refractivity contribution in [2.75, 3.05) is 11.9 Å². The van der Waals surface area contributed by atoms with Crippen LogP contribution in [-0.2, 0) is 14.1 Å². The summed E-state index contributed by atoms with van der Waals surface area (Å²) in [6, 6.07) is 1.81. The van der Waals surface area contributed by atoms with Crippen LogP contribution in [0.15, 0.2) is 18.2 Å². The highest BCUT2D eigenvalue weighted by atomic mass is 16.7. The molecule has 1 N–H and O–H groups in total. The molecule has 7 heteroatoms. The molecule has 1 aromatic heterocycles. The molecule has 0 aliphatic carbocycles. The van der Waals surface area contributed by atoms with Gasteiger partial charge in [-0.3, -0.25) is 4.79 Å². The molecular weight excluding hydrogens is 283 g/mol. The molecule has 2 aliphatic heterocycles. The first-order chi connectivity index (χ1) is 10.3. The molecule has 0 radical (unpaired) electrons. The maximum Gasteiger partial charge on any atom is 0.487 e. The third kappa shape index (κ3) is 2.74. The quantitative estimate of drug-likeness (QED) is 0.847. The molecule has 2 aliphatic rings. The summed E-state index contributed by atoms with van der Waals surface area (Å²) < 4.78 is 17.0. The number of rotatable bonds is 2. The van der Waals surface area contributed by atoms with Crippen molar-refractivity contribution in [3.8, 4) is 5.88 Å². The largest absolute Gasteiger partial charge is 0.487 e. The van der Waals surface area contributed by atoms with Gasteiger partial charge < -0.3 is 19.4 Å². The van der Waals surface area contributed by atoms with E-state index >= 15 is 0 Å². The Morgan fingerprint density at radius 2 is 1.95 bits per heavy atom. The first-order valence-corrected chi connectivity index (χ1v) is 7.23. The molecule has 0 spiro atoms. The summed E-state index contributed by atoms with van der Waals surface area (Å²) >= 11 is 0. The lowest BCUT2D eigenvalue weighted by molar-refractivity contribution is -0.118. The van der Waals surface area contributed by atoms with Crippen molar-refractivity contribution in [3.63, 3.8) is 0 Å². The predicted molar refractivity (Wildman–Crippen MR) is 83.5 cm³/mol. The van der Waals surface area contributed by atoms with Gasteiger partial charge in [-0.2, -0.15) is 0 Å². The molecule has 3 rings (SSSR count). The molecule has 0 unspecified atom stereocenters. The summed E-state index contributed by atoms with van der Waals surface area (Å²) in [7, 11) is -0.410. The molecule has 22 heavy (non-hydrogen) atoms. The van der Waals surface area contributed by atoms with E-state index in [1.54, 1.807) is 12.3 Å².